The number of aromatic nitrogens is 2. The number of hydrogen-bond acceptors (Lipinski definition) is 3. The summed E-state index contributed by atoms with van der Waals surface area (Å²) in [4.78, 5) is 8.20. The maximum atomic E-state index is 8.66. The lowest BCUT2D eigenvalue weighted by molar-refractivity contribution is 0.852. The third-order valence-electron chi connectivity index (χ3n) is 1.47. The van der Waals surface area contributed by atoms with Crippen LogP contribution >= 0.6 is 45.2 Å². The number of nitrogens with zero attached hydrogens (tertiary/aromatic N) is 3. The maximum Gasteiger partial charge on any atom is 0.233 e. The Labute approximate surface area is 104 Å². The van der Waals surface area contributed by atoms with Gasteiger partial charge in [-0.25, -0.2) is 9.97 Å². The molecule has 0 radical (unpaired) electrons. The summed E-state index contributed by atoms with van der Waals surface area (Å²) in [5.41, 5.74) is 0.985. The molecule has 0 saturated heterocycles. The Morgan fingerprint density at radius 2 is 2.08 bits per heavy atom. The van der Waals surface area contributed by atoms with E-state index in [2.05, 4.69) is 62.1 Å². The molecule has 0 aliphatic rings. The fourth-order valence-corrected chi connectivity index (χ4v) is 1.97. The maximum absolute atomic E-state index is 8.66. The summed E-state index contributed by atoms with van der Waals surface area (Å²) in [5, 5.41) is 8.66. The summed E-state index contributed by atoms with van der Waals surface area (Å²) in [6, 6.07) is 1.96. The Hall–Kier alpha value is 0.0300. The van der Waals surface area contributed by atoms with Crippen molar-refractivity contribution >= 4 is 45.2 Å². The van der Waals surface area contributed by atoms with Crippen molar-refractivity contribution in [3.05, 3.63) is 18.8 Å². The molecule has 1 aromatic heterocycles. The SMILES string of the molecule is CCCc1nc(C#N)nc(I)c1I. The second-order valence-corrected chi connectivity index (χ2v) is 4.56. The number of nitriles is 1. The molecule has 13 heavy (non-hydrogen) atoms. The second-order valence-electron chi connectivity index (χ2n) is 2.46. The number of rotatable bonds is 2. The van der Waals surface area contributed by atoms with E-state index in [0.29, 0.717) is 0 Å². The molecule has 0 aliphatic carbocycles. The van der Waals surface area contributed by atoms with E-state index < -0.39 is 0 Å². The first-order valence-electron chi connectivity index (χ1n) is 3.81. The fraction of sp³-hybridized carbons (Fsp3) is 0.375. The standard InChI is InChI=1S/C8H7I2N3/c1-2-3-5-7(9)8(10)13-6(4-11)12-5/h2-3H2,1H3. The molecule has 0 saturated carbocycles. The van der Waals surface area contributed by atoms with Crippen molar-refractivity contribution in [2.45, 2.75) is 19.8 Å². The molecule has 0 amide bonds. The summed E-state index contributed by atoms with van der Waals surface area (Å²) in [6.45, 7) is 2.09. The molecule has 0 atom stereocenters. The van der Waals surface area contributed by atoms with Gasteiger partial charge in [-0.15, -0.1) is 0 Å². The Morgan fingerprint density at radius 3 is 2.62 bits per heavy atom. The van der Waals surface area contributed by atoms with E-state index >= 15 is 0 Å². The third-order valence-corrected chi connectivity index (χ3v) is 4.41. The van der Waals surface area contributed by atoms with Crippen LogP contribution in [0.2, 0.25) is 0 Å². The predicted molar refractivity (Wildman–Crippen MR) is 66.2 cm³/mol. The summed E-state index contributed by atoms with van der Waals surface area (Å²) in [7, 11) is 0. The Kier molecular flexibility index (Phi) is 4.31. The van der Waals surface area contributed by atoms with Gasteiger partial charge < -0.3 is 0 Å². The average molecular weight is 399 g/mol. The van der Waals surface area contributed by atoms with Crippen molar-refractivity contribution < 1.29 is 0 Å². The van der Waals surface area contributed by atoms with E-state index in [1.807, 2.05) is 6.07 Å². The van der Waals surface area contributed by atoms with Gasteiger partial charge in [-0.05, 0) is 51.6 Å². The van der Waals surface area contributed by atoms with Crippen LogP contribution in [0, 0.1) is 18.6 Å². The molecule has 68 valence electrons. The zero-order chi connectivity index (χ0) is 9.84. The largest absolute Gasteiger partial charge is 0.233 e. The molecule has 1 aromatic rings. The van der Waals surface area contributed by atoms with Gasteiger partial charge in [-0.3, -0.25) is 0 Å². The molecule has 0 fully saturated rings. The molecule has 0 bridgehead atoms. The summed E-state index contributed by atoms with van der Waals surface area (Å²) in [6.07, 6.45) is 1.94. The van der Waals surface area contributed by atoms with E-state index in [-0.39, 0.29) is 5.82 Å². The van der Waals surface area contributed by atoms with Crippen molar-refractivity contribution in [2.75, 3.05) is 0 Å². The number of aryl methyl sites for hydroxylation is 1. The Balaban J connectivity index is 3.18. The fourth-order valence-electron chi connectivity index (χ4n) is 0.915. The predicted octanol–water partition coefficient (Wildman–Crippen LogP) is 2.51. The van der Waals surface area contributed by atoms with E-state index in [1.165, 1.54) is 0 Å². The molecule has 0 aromatic carbocycles. The van der Waals surface area contributed by atoms with Crippen molar-refractivity contribution in [3.63, 3.8) is 0 Å². The van der Waals surface area contributed by atoms with Crippen molar-refractivity contribution in [1.29, 1.82) is 5.26 Å². The topological polar surface area (TPSA) is 49.6 Å². The first kappa shape index (κ1) is 11.1. The van der Waals surface area contributed by atoms with Gasteiger partial charge in [0, 0.05) is 0 Å². The lowest BCUT2D eigenvalue weighted by atomic mass is 10.2. The first-order chi connectivity index (χ1) is 6.19. The van der Waals surface area contributed by atoms with Crippen LogP contribution in [-0.2, 0) is 6.42 Å². The van der Waals surface area contributed by atoms with Crippen LogP contribution in [0.25, 0.3) is 0 Å². The van der Waals surface area contributed by atoms with Gasteiger partial charge in [0.1, 0.15) is 9.77 Å². The molecule has 5 heteroatoms. The summed E-state index contributed by atoms with van der Waals surface area (Å²) < 4.78 is 1.94. The number of halogens is 2. The van der Waals surface area contributed by atoms with Crippen molar-refractivity contribution in [2.24, 2.45) is 0 Å². The minimum absolute atomic E-state index is 0.272. The van der Waals surface area contributed by atoms with Crippen LogP contribution in [0.15, 0.2) is 0 Å². The van der Waals surface area contributed by atoms with Gasteiger partial charge in [0.2, 0.25) is 5.82 Å². The third kappa shape index (κ3) is 2.74. The zero-order valence-electron chi connectivity index (χ0n) is 7.01. The van der Waals surface area contributed by atoms with Gasteiger partial charge in [0.05, 0.1) is 9.26 Å². The molecule has 0 N–H and O–H groups in total. The lowest BCUT2D eigenvalue weighted by Crippen LogP contribution is -2.02. The lowest BCUT2D eigenvalue weighted by Gasteiger charge is -2.03. The minimum atomic E-state index is 0.272. The van der Waals surface area contributed by atoms with E-state index in [4.69, 9.17) is 5.26 Å². The van der Waals surface area contributed by atoms with Crippen LogP contribution in [0.1, 0.15) is 24.9 Å². The van der Waals surface area contributed by atoms with Gasteiger partial charge in [-0.2, -0.15) is 5.26 Å². The van der Waals surface area contributed by atoms with Crippen molar-refractivity contribution in [3.8, 4) is 6.07 Å². The van der Waals surface area contributed by atoms with Crippen LogP contribution in [0.4, 0.5) is 0 Å². The molecule has 1 rings (SSSR count). The second kappa shape index (κ2) is 5.05. The highest BCUT2D eigenvalue weighted by Gasteiger charge is 2.08. The highest BCUT2D eigenvalue weighted by atomic mass is 127. The van der Waals surface area contributed by atoms with Gasteiger partial charge in [0.15, 0.2) is 0 Å². The molecular formula is C8H7I2N3. The van der Waals surface area contributed by atoms with Crippen LogP contribution in [0.5, 0.6) is 0 Å². The van der Waals surface area contributed by atoms with Crippen LogP contribution in [-0.4, -0.2) is 9.97 Å². The van der Waals surface area contributed by atoms with Crippen LogP contribution < -0.4 is 0 Å². The highest BCUT2D eigenvalue weighted by Crippen LogP contribution is 2.17. The summed E-state index contributed by atoms with van der Waals surface area (Å²) >= 11 is 4.35. The Bertz CT molecular complexity index is 357. The van der Waals surface area contributed by atoms with E-state index in [0.717, 1.165) is 25.8 Å². The van der Waals surface area contributed by atoms with Gasteiger partial charge in [-0.1, -0.05) is 13.3 Å². The molecule has 0 spiro atoms. The average Bonchev–Trinajstić information content (AvgIpc) is 2.13. The Morgan fingerprint density at radius 1 is 1.38 bits per heavy atom. The van der Waals surface area contributed by atoms with E-state index in [1.54, 1.807) is 0 Å². The first-order valence-corrected chi connectivity index (χ1v) is 5.96. The quantitative estimate of drug-likeness (QED) is 0.568. The molecule has 1 heterocycles. The number of hydrogen-bond donors (Lipinski definition) is 0. The summed E-state index contributed by atoms with van der Waals surface area (Å²) in [5.74, 6) is 0.272. The highest BCUT2D eigenvalue weighted by molar-refractivity contribution is 14.1. The zero-order valence-corrected chi connectivity index (χ0v) is 11.3. The smallest absolute Gasteiger partial charge is 0.223 e. The monoisotopic (exact) mass is 399 g/mol. The van der Waals surface area contributed by atoms with Crippen molar-refractivity contribution in [1.82, 2.24) is 9.97 Å². The van der Waals surface area contributed by atoms with E-state index in [9.17, 15) is 0 Å². The van der Waals surface area contributed by atoms with Gasteiger partial charge in [0.25, 0.3) is 0 Å². The molecule has 0 aliphatic heterocycles. The molecule has 0 unspecified atom stereocenters. The minimum Gasteiger partial charge on any atom is -0.223 e. The molecular weight excluding hydrogens is 392 g/mol. The normalized spacial score (nSPS) is 9.69. The molecule has 3 nitrogen and oxygen atoms in total. The van der Waals surface area contributed by atoms with Crippen LogP contribution in [0.3, 0.4) is 0 Å². The van der Waals surface area contributed by atoms with Gasteiger partial charge >= 0.3 is 0 Å².